The van der Waals surface area contributed by atoms with Gasteiger partial charge in [-0.05, 0) is 36.6 Å². The molecule has 154 valence electrons. The topological polar surface area (TPSA) is 38.8 Å². The third-order valence-corrected chi connectivity index (χ3v) is 5.84. The van der Waals surface area contributed by atoms with E-state index in [2.05, 4.69) is 51.7 Å². The van der Waals surface area contributed by atoms with Gasteiger partial charge in [-0.2, -0.15) is 0 Å². The fourth-order valence-electron chi connectivity index (χ4n) is 3.89. The van der Waals surface area contributed by atoms with Crippen molar-refractivity contribution in [3.63, 3.8) is 0 Å². The Morgan fingerprint density at radius 2 is 1.90 bits per heavy atom. The molecule has 1 heterocycles. The number of halogens is 1. The number of esters is 1. The summed E-state index contributed by atoms with van der Waals surface area (Å²) >= 11 is 3.48. The lowest BCUT2D eigenvalue weighted by atomic mass is 9.99. The molecule has 0 aromatic heterocycles. The van der Waals surface area contributed by atoms with Crippen molar-refractivity contribution in [2.45, 2.75) is 38.6 Å². The highest BCUT2D eigenvalue weighted by atomic mass is 79.9. The summed E-state index contributed by atoms with van der Waals surface area (Å²) in [5.74, 6) is -0.130. The molecule has 1 saturated heterocycles. The Balaban J connectivity index is 1.74. The summed E-state index contributed by atoms with van der Waals surface area (Å²) in [5.41, 5.74) is 2.30. The molecule has 0 aliphatic carbocycles. The predicted octanol–water partition coefficient (Wildman–Crippen LogP) is 4.97. The molecule has 1 aliphatic heterocycles. The third-order valence-electron chi connectivity index (χ3n) is 5.31. The van der Waals surface area contributed by atoms with Crippen molar-refractivity contribution >= 4 is 21.9 Å². The largest absolute Gasteiger partial charge is 0.465 e. The number of ether oxygens (including phenoxy) is 2. The maximum absolute atomic E-state index is 12.8. The van der Waals surface area contributed by atoms with E-state index in [1.165, 1.54) is 0 Å². The molecule has 3 atom stereocenters. The number of hydrogen-bond donors (Lipinski definition) is 0. The fraction of sp³-hybridized carbons (Fsp3) is 0.375. The van der Waals surface area contributed by atoms with Gasteiger partial charge < -0.3 is 9.47 Å². The molecule has 1 fully saturated rings. The Hall–Kier alpha value is -1.95. The summed E-state index contributed by atoms with van der Waals surface area (Å²) in [4.78, 5) is 15.0. The Kier molecular flexibility index (Phi) is 8.04. The van der Waals surface area contributed by atoms with Gasteiger partial charge in [-0.25, -0.2) is 0 Å². The summed E-state index contributed by atoms with van der Waals surface area (Å²) in [6, 6.07) is 18.1. The van der Waals surface area contributed by atoms with Crippen LogP contribution in [-0.2, 0) is 27.4 Å². The van der Waals surface area contributed by atoms with Gasteiger partial charge in [-0.1, -0.05) is 64.5 Å². The number of nitrogens with zero attached hydrogens (tertiary/aromatic N) is 1. The molecular weight excluding hydrogens is 430 g/mol. The van der Waals surface area contributed by atoms with Crippen molar-refractivity contribution in [2.24, 2.45) is 5.92 Å². The van der Waals surface area contributed by atoms with Crippen molar-refractivity contribution in [3.05, 3.63) is 82.9 Å². The highest BCUT2D eigenvalue weighted by molar-refractivity contribution is 9.10. The smallest absolute Gasteiger partial charge is 0.323 e. The fourth-order valence-corrected chi connectivity index (χ4v) is 4.16. The number of benzene rings is 2. The van der Waals surface area contributed by atoms with Gasteiger partial charge in [0.15, 0.2) is 0 Å². The summed E-state index contributed by atoms with van der Waals surface area (Å²) in [6.45, 7) is 7.98. The molecule has 0 unspecified atom stereocenters. The number of carbonyl (C=O) groups excluding carboxylic acids is 1. The number of hydrogen-bond acceptors (Lipinski definition) is 4. The van der Waals surface area contributed by atoms with E-state index >= 15 is 0 Å². The van der Waals surface area contributed by atoms with Gasteiger partial charge in [0, 0.05) is 23.0 Å². The van der Waals surface area contributed by atoms with Crippen molar-refractivity contribution < 1.29 is 14.3 Å². The zero-order valence-electron chi connectivity index (χ0n) is 16.8. The predicted molar refractivity (Wildman–Crippen MR) is 118 cm³/mol. The van der Waals surface area contributed by atoms with E-state index in [0.29, 0.717) is 26.4 Å². The first-order valence-electron chi connectivity index (χ1n) is 10.0. The van der Waals surface area contributed by atoms with Gasteiger partial charge in [0.05, 0.1) is 19.8 Å². The van der Waals surface area contributed by atoms with Crippen LogP contribution in [0.5, 0.6) is 0 Å². The minimum atomic E-state index is -0.332. The number of likely N-dealkylation sites (tertiary alicyclic amines) is 1. The lowest BCUT2D eigenvalue weighted by Gasteiger charge is -2.29. The molecular formula is C24H28BrNO3. The van der Waals surface area contributed by atoms with Crippen LogP contribution in [0.4, 0.5) is 0 Å². The van der Waals surface area contributed by atoms with Crippen LogP contribution in [0.1, 0.15) is 24.5 Å². The van der Waals surface area contributed by atoms with E-state index < -0.39 is 0 Å². The average molecular weight is 458 g/mol. The monoisotopic (exact) mass is 457 g/mol. The maximum atomic E-state index is 12.8. The second kappa shape index (κ2) is 10.7. The quantitative estimate of drug-likeness (QED) is 0.393. The molecule has 3 rings (SSSR count). The molecule has 4 nitrogen and oxygen atoms in total. The van der Waals surface area contributed by atoms with E-state index in [0.717, 1.165) is 22.0 Å². The molecule has 29 heavy (non-hydrogen) atoms. The van der Waals surface area contributed by atoms with Gasteiger partial charge in [0.2, 0.25) is 0 Å². The highest BCUT2D eigenvalue weighted by Crippen LogP contribution is 2.33. The van der Waals surface area contributed by atoms with Crippen molar-refractivity contribution in [3.8, 4) is 0 Å². The van der Waals surface area contributed by atoms with E-state index in [1.54, 1.807) is 0 Å². The SMILES string of the molecule is C=C[C@@H]1C[C@H](COCc2ccccc2)N(Cc2ccc(Br)cc2)[C@H]1C(=O)OCC. The molecule has 0 amide bonds. The highest BCUT2D eigenvalue weighted by Gasteiger charge is 2.44. The lowest BCUT2D eigenvalue weighted by molar-refractivity contribution is -0.150. The van der Waals surface area contributed by atoms with Gasteiger partial charge >= 0.3 is 5.97 Å². The van der Waals surface area contributed by atoms with Crippen molar-refractivity contribution in [1.29, 1.82) is 0 Å². The molecule has 5 heteroatoms. The van der Waals surface area contributed by atoms with E-state index in [4.69, 9.17) is 9.47 Å². The minimum Gasteiger partial charge on any atom is -0.465 e. The first-order valence-corrected chi connectivity index (χ1v) is 10.8. The van der Waals surface area contributed by atoms with E-state index in [9.17, 15) is 4.79 Å². The lowest BCUT2D eigenvalue weighted by Crippen LogP contribution is -2.44. The molecule has 0 N–H and O–H groups in total. The van der Waals surface area contributed by atoms with Crippen LogP contribution >= 0.6 is 15.9 Å². The van der Waals surface area contributed by atoms with Crippen LogP contribution < -0.4 is 0 Å². The zero-order chi connectivity index (χ0) is 20.6. The summed E-state index contributed by atoms with van der Waals surface area (Å²) in [6.07, 6.45) is 2.71. The first kappa shape index (κ1) is 21.8. The molecule has 0 saturated carbocycles. The number of rotatable bonds is 9. The van der Waals surface area contributed by atoms with Gasteiger partial charge in [-0.15, -0.1) is 6.58 Å². The van der Waals surface area contributed by atoms with E-state index in [-0.39, 0.29) is 24.0 Å². The second-order valence-electron chi connectivity index (χ2n) is 7.29. The Bertz CT molecular complexity index is 794. The van der Waals surface area contributed by atoms with E-state index in [1.807, 2.05) is 43.3 Å². The second-order valence-corrected chi connectivity index (χ2v) is 8.20. The summed E-state index contributed by atoms with van der Waals surface area (Å²) in [7, 11) is 0. The molecule has 2 aromatic carbocycles. The Morgan fingerprint density at radius 1 is 1.17 bits per heavy atom. The Labute approximate surface area is 181 Å². The Morgan fingerprint density at radius 3 is 2.55 bits per heavy atom. The van der Waals surface area contributed by atoms with Gasteiger partial charge in [0.25, 0.3) is 0 Å². The zero-order valence-corrected chi connectivity index (χ0v) is 18.4. The van der Waals surface area contributed by atoms with Crippen LogP contribution in [-0.4, -0.2) is 36.2 Å². The minimum absolute atomic E-state index is 0.0508. The molecule has 1 aliphatic rings. The molecule has 0 bridgehead atoms. The molecule has 0 radical (unpaired) electrons. The van der Waals surface area contributed by atoms with Crippen LogP contribution in [0.15, 0.2) is 71.7 Å². The van der Waals surface area contributed by atoms with Crippen molar-refractivity contribution in [1.82, 2.24) is 4.90 Å². The molecule has 2 aromatic rings. The van der Waals surface area contributed by atoms with Crippen LogP contribution in [0.2, 0.25) is 0 Å². The molecule has 0 spiro atoms. The number of carbonyl (C=O) groups is 1. The first-order chi connectivity index (χ1) is 14.1. The van der Waals surface area contributed by atoms with Gasteiger partial charge in [0.1, 0.15) is 6.04 Å². The normalized spacial score (nSPS) is 21.8. The van der Waals surface area contributed by atoms with Crippen LogP contribution in [0.3, 0.4) is 0 Å². The average Bonchev–Trinajstić information content (AvgIpc) is 3.08. The van der Waals surface area contributed by atoms with Crippen LogP contribution in [0.25, 0.3) is 0 Å². The standard InChI is InChI=1S/C24H28BrNO3/c1-3-20-14-22(17-28-16-19-8-6-5-7-9-19)26(23(20)24(27)29-4-2)15-18-10-12-21(25)13-11-18/h3,5-13,20,22-23H,1,4,14-17H2,2H3/t20-,22-,23-/m1/s1. The van der Waals surface area contributed by atoms with Crippen LogP contribution in [0, 0.1) is 5.92 Å². The third kappa shape index (κ3) is 5.78. The van der Waals surface area contributed by atoms with Crippen molar-refractivity contribution in [2.75, 3.05) is 13.2 Å². The van der Waals surface area contributed by atoms with Gasteiger partial charge in [-0.3, -0.25) is 9.69 Å². The maximum Gasteiger partial charge on any atom is 0.323 e. The summed E-state index contributed by atoms with van der Waals surface area (Å²) in [5, 5.41) is 0. The summed E-state index contributed by atoms with van der Waals surface area (Å²) < 4.78 is 12.5.